The molecule has 0 saturated carbocycles. The van der Waals surface area contributed by atoms with E-state index in [9.17, 15) is 0 Å². The second-order valence-corrected chi connectivity index (χ2v) is 2.48. The SMILES string of the molecule is C=CCOC(=NC#N)c1ccccc1. The highest BCUT2D eigenvalue weighted by molar-refractivity contribution is 5.94. The van der Waals surface area contributed by atoms with Crippen molar-refractivity contribution in [1.82, 2.24) is 0 Å². The van der Waals surface area contributed by atoms with Gasteiger partial charge in [-0.1, -0.05) is 30.9 Å². The molecule has 3 heteroatoms. The van der Waals surface area contributed by atoms with Crippen LogP contribution in [0.3, 0.4) is 0 Å². The van der Waals surface area contributed by atoms with E-state index in [1.165, 1.54) is 0 Å². The van der Waals surface area contributed by atoms with E-state index < -0.39 is 0 Å². The normalized spacial score (nSPS) is 10.4. The van der Waals surface area contributed by atoms with Gasteiger partial charge in [-0.15, -0.1) is 4.99 Å². The van der Waals surface area contributed by atoms with E-state index in [2.05, 4.69) is 11.6 Å². The Kier molecular flexibility index (Phi) is 3.96. The van der Waals surface area contributed by atoms with Crippen molar-refractivity contribution in [2.75, 3.05) is 6.61 Å². The average Bonchev–Trinajstić information content (AvgIpc) is 2.25. The number of rotatable bonds is 3. The standard InChI is InChI=1S/C11H10N2O/c1-2-8-14-11(13-9-12)10-6-4-3-5-7-10/h2-7H,1,8H2. The fourth-order valence-corrected chi connectivity index (χ4v) is 0.944. The summed E-state index contributed by atoms with van der Waals surface area (Å²) in [7, 11) is 0. The Morgan fingerprint density at radius 1 is 1.50 bits per heavy atom. The molecule has 70 valence electrons. The Labute approximate surface area is 83.0 Å². The summed E-state index contributed by atoms with van der Waals surface area (Å²) in [4.78, 5) is 3.58. The zero-order valence-electron chi connectivity index (χ0n) is 7.68. The van der Waals surface area contributed by atoms with E-state index in [-0.39, 0.29) is 0 Å². The summed E-state index contributed by atoms with van der Waals surface area (Å²) in [5.74, 6) is 0.327. The van der Waals surface area contributed by atoms with Crippen LogP contribution in [0.2, 0.25) is 0 Å². The first-order valence-electron chi connectivity index (χ1n) is 4.14. The van der Waals surface area contributed by atoms with Gasteiger partial charge in [0.05, 0.1) is 0 Å². The second kappa shape index (κ2) is 5.55. The molecule has 0 radical (unpaired) electrons. The zero-order chi connectivity index (χ0) is 10.2. The first-order valence-corrected chi connectivity index (χ1v) is 4.14. The molecule has 0 heterocycles. The van der Waals surface area contributed by atoms with Crippen LogP contribution in [0, 0.1) is 11.5 Å². The molecule has 1 rings (SSSR count). The maximum atomic E-state index is 8.45. The van der Waals surface area contributed by atoms with Crippen LogP contribution in [-0.2, 0) is 4.74 Å². The third kappa shape index (κ3) is 2.76. The van der Waals surface area contributed by atoms with Crippen molar-refractivity contribution in [3.63, 3.8) is 0 Å². The van der Waals surface area contributed by atoms with Gasteiger partial charge in [0.15, 0.2) is 0 Å². The van der Waals surface area contributed by atoms with Crippen LogP contribution >= 0.6 is 0 Å². The van der Waals surface area contributed by atoms with Crippen molar-refractivity contribution in [2.45, 2.75) is 0 Å². The van der Waals surface area contributed by atoms with Crippen LogP contribution in [0.25, 0.3) is 0 Å². The van der Waals surface area contributed by atoms with Crippen LogP contribution in [0.15, 0.2) is 48.0 Å². The maximum Gasteiger partial charge on any atom is 0.231 e. The lowest BCUT2D eigenvalue weighted by molar-refractivity contribution is 0.352. The summed E-state index contributed by atoms with van der Waals surface area (Å²) in [6.45, 7) is 3.87. The summed E-state index contributed by atoms with van der Waals surface area (Å²) < 4.78 is 5.23. The van der Waals surface area contributed by atoms with Gasteiger partial charge in [0, 0.05) is 5.56 Å². The fraction of sp³-hybridized carbons (Fsp3) is 0.0909. The molecule has 0 aliphatic carbocycles. The molecule has 1 aromatic rings. The number of ether oxygens (including phenoxy) is 1. The van der Waals surface area contributed by atoms with E-state index in [4.69, 9.17) is 10.00 Å². The number of benzene rings is 1. The van der Waals surface area contributed by atoms with Crippen molar-refractivity contribution in [1.29, 1.82) is 5.26 Å². The zero-order valence-corrected chi connectivity index (χ0v) is 7.68. The molecule has 0 spiro atoms. The molecule has 0 bridgehead atoms. The minimum atomic E-state index is 0.327. The molecule has 0 aliphatic heterocycles. The molecule has 0 unspecified atom stereocenters. The minimum Gasteiger partial charge on any atom is -0.473 e. The lowest BCUT2D eigenvalue weighted by atomic mass is 10.2. The van der Waals surface area contributed by atoms with Gasteiger partial charge in [-0.3, -0.25) is 0 Å². The highest BCUT2D eigenvalue weighted by Crippen LogP contribution is 2.02. The van der Waals surface area contributed by atoms with Gasteiger partial charge in [0.25, 0.3) is 0 Å². The first kappa shape index (κ1) is 10.0. The molecule has 1 aromatic carbocycles. The Balaban J connectivity index is 2.85. The fourth-order valence-electron chi connectivity index (χ4n) is 0.944. The average molecular weight is 186 g/mol. The molecule has 0 aliphatic rings. The third-order valence-corrected chi connectivity index (χ3v) is 1.51. The summed E-state index contributed by atoms with van der Waals surface area (Å²) >= 11 is 0. The number of hydrogen-bond acceptors (Lipinski definition) is 3. The van der Waals surface area contributed by atoms with Gasteiger partial charge < -0.3 is 4.74 Å². The molecule has 0 N–H and O–H groups in total. The minimum absolute atomic E-state index is 0.327. The van der Waals surface area contributed by atoms with Crippen molar-refractivity contribution in [3.8, 4) is 6.19 Å². The van der Waals surface area contributed by atoms with Crippen molar-refractivity contribution < 1.29 is 4.74 Å². The number of hydrogen-bond donors (Lipinski definition) is 0. The number of nitrogens with zero attached hydrogens (tertiary/aromatic N) is 2. The van der Waals surface area contributed by atoms with Gasteiger partial charge in [0.1, 0.15) is 6.61 Å². The lowest BCUT2D eigenvalue weighted by Gasteiger charge is -2.04. The molecule has 3 nitrogen and oxygen atoms in total. The van der Waals surface area contributed by atoms with E-state index in [0.29, 0.717) is 12.5 Å². The second-order valence-electron chi connectivity index (χ2n) is 2.48. The van der Waals surface area contributed by atoms with Crippen LogP contribution in [0.4, 0.5) is 0 Å². The van der Waals surface area contributed by atoms with Gasteiger partial charge in [-0.05, 0) is 12.1 Å². The number of aliphatic imine (C=N–C) groups is 1. The monoisotopic (exact) mass is 186 g/mol. The Hall–Kier alpha value is -2.08. The van der Waals surface area contributed by atoms with Crippen LogP contribution in [-0.4, -0.2) is 12.5 Å². The van der Waals surface area contributed by atoms with Crippen molar-refractivity contribution in [2.24, 2.45) is 4.99 Å². The summed E-state index contributed by atoms with van der Waals surface area (Å²) in [5, 5.41) is 8.45. The quantitative estimate of drug-likeness (QED) is 0.314. The van der Waals surface area contributed by atoms with Gasteiger partial charge in [-0.25, -0.2) is 0 Å². The first-order chi connectivity index (χ1) is 6.88. The third-order valence-electron chi connectivity index (χ3n) is 1.51. The Morgan fingerprint density at radius 3 is 2.79 bits per heavy atom. The molecule has 0 aromatic heterocycles. The maximum absolute atomic E-state index is 8.45. The highest BCUT2D eigenvalue weighted by atomic mass is 16.5. The van der Waals surface area contributed by atoms with Gasteiger partial charge >= 0.3 is 0 Å². The van der Waals surface area contributed by atoms with Crippen LogP contribution in [0.1, 0.15) is 5.56 Å². The predicted octanol–water partition coefficient (Wildman–Crippen LogP) is 2.12. The van der Waals surface area contributed by atoms with Gasteiger partial charge in [-0.2, -0.15) is 5.26 Å². The molecular formula is C11H10N2O. The van der Waals surface area contributed by atoms with Crippen LogP contribution < -0.4 is 0 Å². The van der Waals surface area contributed by atoms with E-state index in [1.807, 2.05) is 30.3 Å². The molecule has 0 atom stereocenters. The summed E-state index contributed by atoms with van der Waals surface area (Å²) in [6, 6.07) is 9.28. The molecular weight excluding hydrogens is 176 g/mol. The smallest absolute Gasteiger partial charge is 0.231 e. The summed E-state index contributed by atoms with van der Waals surface area (Å²) in [5.41, 5.74) is 0.788. The Bertz CT molecular complexity index is 363. The Morgan fingerprint density at radius 2 is 2.21 bits per heavy atom. The van der Waals surface area contributed by atoms with Crippen LogP contribution in [0.5, 0.6) is 0 Å². The van der Waals surface area contributed by atoms with Crippen molar-refractivity contribution >= 4 is 5.90 Å². The molecule has 14 heavy (non-hydrogen) atoms. The van der Waals surface area contributed by atoms with Crippen molar-refractivity contribution in [3.05, 3.63) is 48.6 Å². The topological polar surface area (TPSA) is 45.4 Å². The molecule has 0 fully saturated rings. The molecule has 0 amide bonds. The van der Waals surface area contributed by atoms with E-state index in [0.717, 1.165) is 5.56 Å². The summed E-state index contributed by atoms with van der Waals surface area (Å²) in [6.07, 6.45) is 3.31. The largest absolute Gasteiger partial charge is 0.473 e. The highest BCUT2D eigenvalue weighted by Gasteiger charge is 2.02. The number of nitriles is 1. The molecule has 0 saturated heterocycles. The van der Waals surface area contributed by atoms with E-state index in [1.54, 1.807) is 12.3 Å². The lowest BCUT2D eigenvalue weighted by Crippen LogP contribution is -2.06. The van der Waals surface area contributed by atoms with E-state index >= 15 is 0 Å². The predicted molar refractivity (Wildman–Crippen MR) is 54.7 cm³/mol. The van der Waals surface area contributed by atoms with Gasteiger partial charge in [0.2, 0.25) is 12.1 Å².